The van der Waals surface area contributed by atoms with Crippen molar-refractivity contribution in [2.45, 2.75) is 12.6 Å². The van der Waals surface area contributed by atoms with Crippen LogP contribution in [0.3, 0.4) is 0 Å². The highest BCUT2D eigenvalue weighted by atomic mass is 16.5. The van der Waals surface area contributed by atoms with Crippen LogP contribution in [0.25, 0.3) is 21.8 Å². The van der Waals surface area contributed by atoms with Crippen molar-refractivity contribution < 1.29 is 14.3 Å². The summed E-state index contributed by atoms with van der Waals surface area (Å²) in [5.74, 6) is 0.740. The highest BCUT2D eigenvalue weighted by Gasteiger charge is 2.26. The quantitative estimate of drug-likeness (QED) is 0.509. The zero-order valence-electron chi connectivity index (χ0n) is 19.2. The third-order valence-electron chi connectivity index (χ3n) is 6.36. The first-order chi connectivity index (χ1) is 16.1. The summed E-state index contributed by atoms with van der Waals surface area (Å²) in [6.07, 6.45) is 1.99. The van der Waals surface area contributed by atoms with Gasteiger partial charge in [0.05, 0.1) is 36.0 Å². The minimum Gasteiger partial charge on any atom is -0.497 e. The van der Waals surface area contributed by atoms with Gasteiger partial charge in [-0.1, -0.05) is 18.2 Å². The number of para-hydroxylation sites is 1. The molecule has 7 nitrogen and oxygen atoms in total. The van der Waals surface area contributed by atoms with E-state index in [2.05, 4.69) is 40.2 Å². The first-order valence-electron chi connectivity index (χ1n) is 11.1. The maximum Gasteiger partial charge on any atom is 0.251 e. The molecule has 1 aliphatic rings. The number of nitrogens with one attached hydrogen (secondary N) is 1. The second kappa shape index (κ2) is 8.84. The fourth-order valence-corrected chi connectivity index (χ4v) is 4.65. The number of fused-ring (bicyclic) bond motifs is 2. The van der Waals surface area contributed by atoms with Gasteiger partial charge >= 0.3 is 0 Å². The Morgan fingerprint density at radius 3 is 2.88 bits per heavy atom. The Hall–Kier alpha value is -3.42. The molecule has 2 aromatic heterocycles. The van der Waals surface area contributed by atoms with Crippen LogP contribution in [0.15, 0.2) is 54.7 Å². The van der Waals surface area contributed by atoms with E-state index < -0.39 is 0 Å². The summed E-state index contributed by atoms with van der Waals surface area (Å²) in [7, 11) is 5.40. The van der Waals surface area contributed by atoms with Gasteiger partial charge in [0, 0.05) is 56.8 Å². The fraction of sp³-hybridized carbons (Fsp3) is 0.308. The molecule has 0 spiro atoms. The van der Waals surface area contributed by atoms with Gasteiger partial charge in [-0.3, -0.25) is 9.69 Å². The SMILES string of the molecule is CNC(=O)c1cc(C2CN(Cc3cn(C)c4cc(OC)ccc34)CCO2)nc2ccccc12. The second-order valence-corrected chi connectivity index (χ2v) is 8.43. The van der Waals surface area contributed by atoms with Crippen LogP contribution in [0.1, 0.15) is 27.7 Å². The Morgan fingerprint density at radius 1 is 1.21 bits per heavy atom. The molecule has 7 heteroatoms. The van der Waals surface area contributed by atoms with Gasteiger partial charge in [-0.2, -0.15) is 0 Å². The molecule has 1 atom stereocenters. The maximum absolute atomic E-state index is 12.5. The third kappa shape index (κ3) is 4.05. The van der Waals surface area contributed by atoms with E-state index in [0.29, 0.717) is 18.7 Å². The molecule has 4 aromatic rings. The number of aryl methyl sites for hydroxylation is 1. The first kappa shape index (κ1) is 21.4. The van der Waals surface area contributed by atoms with Crippen LogP contribution in [0.4, 0.5) is 0 Å². The lowest BCUT2D eigenvalue weighted by Gasteiger charge is -2.32. The van der Waals surface area contributed by atoms with Gasteiger partial charge in [0.25, 0.3) is 5.91 Å². The van der Waals surface area contributed by atoms with Crippen LogP contribution in [0.5, 0.6) is 5.75 Å². The summed E-state index contributed by atoms with van der Waals surface area (Å²) in [6, 6.07) is 15.8. The fourth-order valence-electron chi connectivity index (χ4n) is 4.65. The first-order valence-corrected chi connectivity index (χ1v) is 11.1. The van der Waals surface area contributed by atoms with Crippen LogP contribution in [0.2, 0.25) is 0 Å². The lowest BCUT2D eigenvalue weighted by Crippen LogP contribution is -2.38. The molecular weight excluding hydrogens is 416 g/mol. The minimum absolute atomic E-state index is 0.117. The van der Waals surface area contributed by atoms with Crippen LogP contribution in [-0.4, -0.2) is 54.2 Å². The zero-order valence-corrected chi connectivity index (χ0v) is 19.2. The van der Waals surface area contributed by atoms with Crippen molar-refractivity contribution >= 4 is 27.7 Å². The Balaban J connectivity index is 1.42. The summed E-state index contributed by atoms with van der Waals surface area (Å²) < 4.78 is 13.6. The average molecular weight is 445 g/mol. The number of nitrogens with zero attached hydrogens (tertiary/aromatic N) is 3. The summed E-state index contributed by atoms with van der Waals surface area (Å²) in [6.45, 7) is 3.00. The van der Waals surface area contributed by atoms with Crippen LogP contribution in [0, 0.1) is 0 Å². The average Bonchev–Trinajstić information content (AvgIpc) is 3.17. The van der Waals surface area contributed by atoms with Gasteiger partial charge in [0.2, 0.25) is 0 Å². The Morgan fingerprint density at radius 2 is 2.06 bits per heavy atom. The lowest BCUT2D eigenvalue weighted by molar-refractivity contribution is -0.0347. The van der Waals surface area contributed by atoms with Crippen LogP contribution in [-0.2, 0) is 18.3 Å². The van der Waals surface area contributed by atoms with Gasteiger partial charge in [-0.25, -0.2) is 4.98 Å². The molecule has 1 aliphatic heterocycles. The molecule has 2 aromatic carbocycles. The van der Waals surface area contributed by atoms with Gasteiger partial charge in [-0.15, -0.1) is 0 Å². The molecule has 1 amide bonds. The monoisotopic (exact) mass is 444 g/mol. The van der Waals surface area contributed by atoms with Crippen LogP contribution >= 0.6 is 0 Å². The van der Waals surface area contributed by atoms with E-state index in [1.54, 1.807) is 14.2 Å². The molecule has 1 saturated heterocycles. The molecule has 1 fully saturated rings. The van der Waals surface area contributed by atoms with Crippen molar-refractivity contribution in [2.24, 2.45) is 7.05 Å². The molecule has 33 heavy (non-hydrogen) atoms. The highest BCUT2D eigenvalue weighted by Crippen LogP contribution is 2.29. The van der Waals surface area contributed by atoms with E-state index in [1.807, 2.05) is 36.4 Å². The molecule has 3 heterocycles. The minimum atomic E-state index is -0.193. The predicted molar refractivity (Wildman–Crippen MR) is 129 cm³/mol. The number of rotatable bonds is 5. The number of morpholine rings is 1. The summed E-state index contributed by atoms with van der Waals surface area (Å²) in [5.41, 5.74) is 4.65. The van der Waals surface area contributed by atoms with E-state index in [4.69, 9.17) is 14.5 Å². The normalized spacial score (nSPS) is 16.9. The van der Waals surface area contributed by atoms with Gasteiger partial charge in [0.15, 0.2) is 0 Å². The number of pyridine rings is 1. The smallest absolute Gasteiger partial charge is 0.251 e. The number of aromatic nitrogens is 2. The number of carbonyl (C=O) groups excluding carboxylic acids is 1. The number of hydrogen-bond donors (Lipinski definition) is 1. The molecule has 0 saturated carbocycles. The Labute approximate surface area is 192 Å². The number of ether oxygens (including phenoxy) is 2. The molecule has 0 radical (unpaired) electrons. The van der Waals surface area contributed by atoms with Crippen LogP contribution < -0.4 is 10.1 Å². The molecule has 170 valence electrons. The van der Waals surface area contributed by atoms with Crippen molar-refractivity contribution in [3.63, 3.8) is 0 Å². The van der Waals surface area contributed by atoms with Crippen molar-refractivity contribution in [3.05, 3.63) is 71.5 Å². The Bertz CT molecular complexity index is 1330. The van der Waals surface area contributed by atoms with Gasteiger partial charge in [0.1, 0.15) is 11.9 Å². The summed E-state index contributed by atoms with van der Waals surface area (Å²) in [4.78, 5) is 19.8. The molecule has 1 N–H and O–H groups in total. The number of hydrogen-bond acceptors (Lipinski definition) is 5. The topological polar surface area (TPSA) is 68.6 Å². The van der Waals surface area contributed by atoms with E-state index >= 15 is 0 Å². The van der Waals surface area contributed by atoms with Gasteiger partial charge < -0.3 is 19.4 Å². The molecule has 0 bridgehead atoms. The molecule has 0 aliphatic carbocycles. The second-order valence-electron chi connectivity index (χ2n) is 8.43. The Kier molecular flexibility index (Phi) is 5.74. The number of carbonyl (C=O) groups is 1. The van der Waals surface area contributed by atoms with E-state index in [-0.39, 0.29) is 12.0 Å². The maximum atomic E-state index is 12.5. The van der Waals surface area contributed by atoms with E-state index in [1.165, 1.54) is 10.9 Å². The summed E-state index contributed by atoms with van der Waals surface area (Å²) in [5, 5.41) is 4.82. The molecule has 1 unspecified atom stereocenters. The van der Waals surface area contributed by atoms with Gasteiger partial charge in [-0.05, 0) is 29.8 Å². The standard InChI is InChI=1S/C26H28N4O3/c1-27-26(31)21-13-23(28-22-7-5-4-6-20(21)22)25-16-30(10-11-33-25)15-17-14-29(2)24-12-18(32-3)8-9-19(17)24/h4-9,12-14,25H,10-11,15-16H2,1-3H3,(H,27,31). The van der Waals surface area contributed by atoms with E-state index in [9.17, 15) is 4.79 Å². The third-order valence-corrected chi connectivity index (χ3v) is 6.36. The zero-order chi connectivity index (χ0) is 22.9. The predicted octanol–water partition coefficient (Wildman–Crippen LogP) is 3.67. The highest BCUT2D eigenvalue weighted by molar-refractivity contribution is 6.06. The van der Waals surface area contributed by atoms with Crippen molar-refractivity contribution in [2.75, 3.05) is 33.9 Å². The number of amides is 1. The van der Waals surface area contributed by atoms with Crippen molar-refractivity contribution in [1.29, 1.82) is 0 Å². The van der Waals surface area contributed by atoms with Crippen molar-refractivity contribution in [3.8, 4) is 5.75 Å². The molecule has 5 rings (SSSR count). The molecular formula is C26H28N4O3. The number of methoxy groups -OCH3 is 1. The van der Waals surface area contributed by atoms with Crippen molar-refractivity contribution in [1.82, 2.24) is 19.8 Å². The van der Waals surface area contributed by atoms with E-state index in [0.717, 1.165) is 41.0 Å². The number of benzene rings is 2. The summed E-state index contributed by atoms with van der Waals surface area (Å²) >= 11 is 0. The lowest BCUT2D eigenvalue weighted by atomic mass is 10.0. The largest absolute Gasteiger partial charge is 0.497 e.